The fourth-order valence-electron chi connectivity index (χ4n) is 1.51. The summed E-state index contributed by atoms with van der Waals surface area (Å²) < 4.78 is 0. The summed E-state index contributed by atoms with van der Waals surface area (Å²) in [4.78, 5) is 16.2. The lowest BCUT2D eigenvalue weighted by atomic mass is 10.1. The van der Waals surface area contributed by atoms with E-state index >= 15 is 0 Å². The van der Waals surface area contributed by atoms with E-state index in [2.05, 4.69) is 4.98 Å². The molecule has 1 aromatic heterocycles. The van der Waals surface area contributed by atoms with Crippen LogP contribution in [0.5, 0.6) is 5.75 Å². The van der Waals surface area contributed by atoms with Crippen molar-refractivity contribution in [3.8, 4) is 5.75 Å². The molecule has 18 heavy (non-hydrogen) atoms. The second-order valence-electron chi connectivity index (χ2n) is 4.13. The van der Waals surface area contributed by atoms with Gasteiger partial charge in [-0.05, 0) is 24.6 Å². The second-order valence-corrected chi connectivity index (χ2v) is 5.02. The molecule has 3 N–H and O–H groups in total. The predicted octanol–water partition coefficient (Wildman–Crippen LogP) is 2.29. The highest BCUT2D eigenvalue weighted by Gasteiger charge is 2.13. The van der Waals surface area contributed by atoms with Crippen molar-refractivity contribution in [3.05, 3.63) is 45.9 Å². The van der Waals surface area contributed by atoms with Crippen LogP contribution in [0.3, 0.4) is 0 Å². The molecule has 0 amide bonds. The molecule has 4 nitrogen and oxygen atoms in total. The van der Waals surface area contributed by atoms with E-state index in [-0.39, 0.29) is 24.0 Å². The molecule has 0 aliphatic rings. The van der Waals surface area contributed by atoms with Gasteiger partial charge in [-0.3, -0.25) is 4.79 Å². The Labute approximate surface area is 109 Å². The van der Waals surface area contributed by atoms with Gasteiger partial charge < -0.3 is 10.8 Å². The van der Waals surface area contributed by atoms with Crippen LogP contribution in [-0.2, 0) is 6.42 Å². The Morgan fingerprint density at radius 3 is 2.67 bits per heavy atom. The largest absolute Gasteiger partial charge is 0.508 e. The van der Waals surface area contributed by atoms with Crippen LogP contribution in [0.2, 0.25) is 0 Å². The molecule has 1 unspecified atom stereocenters. The van der Waals surface area contributed by atoms with E-state index in [9.17, 15) is 4.79 Å². The number of carbonyl (C=O) groups excluding carboxylic acids is 1. The highest BCUT2D eigenvalue weighted by molar-refractivity contribution is 7.09. The summed E-state index contributed by atoms with van der Waals surface area (Å²) in [5, 5.41) is 11.7. The van der Waals surface area contributed by atoms with E-state index in [0.717, 1.165) is 10.6 Å². The first-order valence-corrected chi connectivity index (χ1v) is 6.46. The number of Topliss-reactive ketones (excluding diaryl/α,β-unsaturated/α-hetero) is 1. The first kappa shape index (κ1) is 12.7. The number of nitrogens with zero attached hydrogens (tertiary/aromatic N) is 1. The van der Waals surface area contributed by atoms with Crippen LogP contribution in [0.25, 0.3) is 0 Å². The maximum absolute atomic E-state index is 12.0. The zero-order valence-corrected chi connectivity index (χ0v) is 10.8. The quantitative estimate of drug-likeness (QED) is 0.829. The van der Waals surface area contributed by atoms with Crippen molar-refractivity contribution in [3.63, 3.8) is 0 Å². The summed E-state index contributed by atoms with van der Waals surface area (Å²) in [5.41, 5.74) is 7.02. The predicted molar refractivity (Wildman–Crippen MR) is 70.9 cm³/mol. The van der Waals surface area contributed by atoms with E-state index in [1.54, 1.807) is 29.6 Å². The number of aromatic nitrogens is 1. The molecule has 2 rings (SSSR count). The molecule has 0 bridgehead atoms. The van der Waals surface area contributed by atoms with E-state index < -0.39 is 0 Å². The number of phenols is 1. The number of aromatic hydroxyl groups is 1. The molecule has 2 aromatic rings. The number of ketones is 1. The Hall–Kier alpha value is -1.72. The van der Waals surface area contributed by atoms with Gasteiger partial charge in [0.2, 0.25) is 0 Å². The van der Waals surface area contributed by atoms with Crippen LogP contribution >= 0.6 is 11.3 Å². The molecule has 0 spiro atoms. The van der Waals surface area contributed by atoms with Gasteiger partial charge in [0.25, 0.3) is 0 Å². The lowest BCUT2D eigenvalue weighted by molar-refractivity contribution is 0.0988. The number of hydrogen-bond acceptors (Lipinski definition) is 5. The van der Waals surface area contributed by atoms with E-state index in [4.69, 9.17) is 10.8 Å². The van der Waals surface area contributed by atoms with Gasteiger partial charge in [-0.15, -0.1) is 11.3 Å². The number of rotatable bonds is 4. The number of phenolic OH excluding ortho intramolecular Hbond substituents is 1. The second kappa shape index (κ2) is 5.29. The topological polar surface area (TPSA) is 76.2 Å². The van der Waals surface area contributed by atoms with Crippen molar-refractivity contribution < 1.29 is 9.90 Å². The number of benzene rings is 1. The lowest BCUT2D eigenvalue weighted by Gasteiger charge is -2.00. The molecule has 5 heteroatoms. The minimum Gasteiger partial charge on any atom is -0.508 e. The SMILES string of the molecule is CC(N)c1nc(C(=O)Cc2ccc(O)cc2)cs1. The zero-order valence-electron chi connectivity index (χ0n) is 9.96. The molecule has 94 valence electrons. The van der Waals surface area contributed by atoms with E-state index in [1.165, 1.54) is 11.3 Å². The summed E-state index contributed by atoms with van der Waals surface area (Å²) >= 11 is 1.40. The Balaban J connectivity index is 2.09. The number of hydrogen-bond donors (Lipinski definition) is 2. The first-order valence-electron chi connectivity index (χ1n) is 5.58. The third-order valence-corrected chi connectivity index (χ3v) is 3.54. The summed E-state index contributed by atoms with van der Waals surface area (Å²) in [6, 6.07) is 6.44. The number of nitrogens with two attached hydrogens (primary N) is 1. The highest BCUT2D eigenvalue weighted by atomic mass is 32.1. The molecule has 0 saturated heterocycles. The van der Waals surface area contributed by atoms with Gasteiger partial charge >= 0.3 is 0 Å². The third-order valence-electron chi connectivity index (χ3n) is 2.50. The van der Waals surface area contributed by atoms with Crippen molar-refractivity contribution >= 4 is 17.1 Å². The minimum atomic E-state index is -0.148. The Morgan fingerprint density at radius 2 is 2.11 bits per heavy atom. The monoisotopic (exact) mass is 262 g/mol. The molecule has 0 radical (unpaired) electrons. The van der Waals surface area contributed by atoms with Crippen LogP contribution in [0.15, 0.2) is 29.6 Å². The molecular formula is C13H14N2O2S. The van der Waals surface area contributed by atoms with Gasteiger partial charge in [0.1, 0.15) is 16.5 Å². The first-order chi connectivity index (χ1) is 8.56. The molecule has 1 aromatic carbocycles. The van der Waals surface area contributed by atoms with Crippen molar-refractivity contribution in [2.45, 2.75) is 19.4 Å². The number of carbonyl (C=O) groups is 1. The molecule has 0 fully saturated rings. The Kier molecular flexibility index (Phi) is 3.74. The van der Waals surface area contributed by atoms with Crippen molar-refractivity contribution in [1.82, 2.24) is 4.98 Å². The molecule has 0 aliphatic heterocycles. The van der Waals surface area contributed by atoms with Crippen molar-refractivity contribution in [1.29, 1.82) is 0 Å². The van der Waals surface area contributed by atoms with E-state index in [1.807, 2.05) is 6.92 Å². The summed E-state index contributed by atoms with van der Waals surface area (Å²) in [5.74, 6) is 0.155. The maximum atomic E-state index is 12.0. The van der Waals surface area contributed by atoms with Crippen LogP contribution < -0.4 is 5.73 Å². The van der Waals surface area contributed by atoms with Crippen LogP contribution in [-0.4, -0.2) is 15.9 Å². The van der Waals surface area contributed by atoms with Crippen LogP contribution in [0.4, 0.5) is 0 Å². The van der Waals surface area contributed by atoms with Crippen molar-refractivity contribution in [2.75, 3.05) is 0 Å². The molecule has 0 saturated carbocycles. The maximum Gasteiger partial charge on any atom is 0.186 e. The minimum absolute atomic E-state index is 0.0381. The molecule has 1 heterocycles. The van der Waals surface area contributed by atoms with Gasteiger partial charge in [-0.2, -0.15) is 0 Å². The normalized spacial score (nSPS) is 12.3. The molecular weight excluding hydrogens is 248 g/mol. The van der Waals surface area contributed by atoms with Crippen LogP contribution in [0.1, 0.15) is 34.0 Å². The van der Waals surface area contributed by atoms with Crippen LogP contribution in [0, 0.1) is 0 Å². The summed E-state index contributed by atoms with van der Waals surface area (Å²) in [6.07, 6.45) is 0.280. The molecule has 0 aliphatic carbocycles. The average molecular weight is 262 g/mol. The lowest BCUT2D eigenvalue weighted by Crippen LogP contribution is -2.07. The fraction of sp³-hybridized carbons (Fsp3) is 0.231. The van der Waals surface area contributed by atoms with Gasteiger partial charge in [-0.1, -0.05) is 12.1 Å². The standard InChI is InChI=1S/C13H14N2O2S/c1-8(14)13-15-11(7-18-13)12(17)6-9-2-4-10(16)5-3-9/h2-5,7-8,16H,6,14H2,1H3. The zero-order chi connectivity index (χ0) is 13.1. The fourth-order valence-corrected chi connectivity index (χ4v) is 2.30. The van der Waals surface area contributed by atoms with Crippen molar-refractivity contribution in [2.24, 2.45) is 5.73 Å². The Morgan fingerprint density at radius 1 is 1.44 bits per heavy atom. The Bertz CT molecular complexity index is 546. The molecule has 1 atom stereocenters. The van der Waals surface area contributed by atoms with Gasteiger partial charge in [0.05, 0.1) is 6.04 Å². The van der Waals surface area contributed by atoms with E-state index in [0.29, 0.717) is 5.69 Å². The highest BCUT2D eigenvalue weighted by Crippen LogP contribution is 2.18. The number of thiazole rings is 1. The van der Waals surface area contributed by atoms with Gasteiger partial charge in [0.15, 0.2) is 5.78 Å². The van der Waals surface area contributed by atoms with Gasteiger partial charge in [-0.25, -0.2) is 4.98 Å². The average Bonchev–Trinajstić information content (AvgIpc) is 2.81. The third kappa shape index (κ3) is 2.94. The summed E-state index contributed by atoms with van der Waals surface area (Å²) in [6.45, 7) is 1.84. The van der Waals surface area contributed by atoms with Gasteiger partial charge in [0, 0.05) is 11.8 Å². The smallest absolute Gasteiger partial charge is 0.186 e. The summed E-state index contributed by atoms with van der Waals surface area (Å²) in [7, 11) is 0.